The number of unbranched alkanes of at least 4 members (excludes halogenated alkanes) is 15. The monoisotopic (exact) mass is 476 g/mol. The van der Waals surface area contributed by atoms with Crippen molar-refractivity contribution in [3.8, 4) is 0 Å². The molecule has 0 saturated heterocycles. The first-order chi connectivity index (χ1) is 10.6. The smallest absolute Gasteiger partial charge is 0.324 e. The zero-order valence-corrected chi connectivity index (χ0v) is 19.4. The Morgan fingerprint density at radius 2 is 0.826 bits per heavy atom. The van der Waals surface area contributed by atoms with Crippen LogP contribution in [0.1, 0.15) is 110 Å². The average Bonchev–Trinajstić information content (AvgIpc) is 2.45. The molecule has 23 heavy (non-hydrogen) atoms. The normalized spacial score (nSPS) is 11.4. The molecule has 0 fully saturated rings. The summed E-state index contributed by atoms with van der Waals surface area (Å²) in [6.45, 7) is 2.27. The van der Waals surface area contributed by atoms with Gasteiger partial charge >= 0.3 is 7.60 Å². The van der Waals surface area contributed by atoms with Gasteiger partial charge in [0.15, 0.2) is 0 Å². The summed E-state index contributed by atoms with van der Waals surface area (Å²) in [4.78, 5) is 17.5. The second kappa shape index (κ2) is 19.8. The fourth-order valence-electron chi connectivity index (χ4n) is 2.87. The Bertz CT molecular complexity index is 269. The Labute approximate surface area is 177 Å². The van der Waals surface area contributed by atoms with Gasteiger partial charge in [0, 0.05) is 47.0 Å². The van der Waals surface area contributed by atoms with Crippen LogP contribution in [0.15, 0.2) is 0 Å². The van der Waals surface area contributed by atoms with Gasteiger partial charge in [-0.15, -0.1) is 0 Å². The molecular weight excluding hydrogens is 439 g/mol. The molecule has 0 radical (unpaired) electrons. The second-order valence-electron chi connectivity index (χ2n) is 6.69. The zero-order valence-electron chi connectivity index (χ0n) is 15.3. The van der Waals surface area contributed by atoms with E-state index in [2.05, 4.69) is 6.92 Å². The minimum atomic E-state index is -3.75. The van der Waals surface area contributed by atoms with Crippen LogP contribution in [0.25, 0.3) is 0 Å². The summed E-state index contributed by atoms with van der Waals surface area (Å²) in [7, 11) is -3.75. The Hall–Kier alpha value is 1.50. The minimum Gasteiger partial charge on any atom is -0.324 e. The number of hydrogen-bond acceptors (Lipinski definition) is 1. The molecule has 3 nitrogen and oxygen atoms in total. The molecule has 0 aromatic heterocycles. The largest absolute Gasteiger partial charge is 0.325 e. The molecule has 2 N–H and O–H groups in total. The zero-order chi connectivity index (χ0) is 16.5. The van der Waals surface area contributed by atoms with Crippen LogP contribution in [0, 0.1) is 40.8 Å². The van der Waals surface area contributed by atoms with E-state index >= 15 is 0 Å². The summed E-state index contributed by atoms with van der Waals surface area (Å²) in [6, 6.07) is 0. The maximum atomic E-state index is 10.7. The standard InChI is InChI=1S/C18H39O3P.Nd/c1-2-3-4-5-6-7-8-9-10-11-12-13-14-15-16-17-18-22(19,20)21;/h2-18H2,1H3,(H2,19,20,21);. The average molecular weight is 479 g/mol. The van der Waals surface area contributed by atoms with Gasteiger partial charge in [-0.1, -0.05) is 103 Å². The third-order valence-corrected chi connectivity index (χ3v) is 5.20. The van der Waals surface area contributed by atoms with Gasteiger partial charge in [-0.05, 0) is 6.42 Å². The molecule has 0 saturated carbocycles. The van der Waals surface area contributed by atoms with Crippen molar-refractivity contribution in [1.82, 2.24) is 0 Å². The molecule has 0 rings (SSSR count). The summed E-state index contributed by atoms with van der Waals surface area (Å²) in [5.41, 5.74) is 0. The molecule has 0 aliphatic heterocycles. The van der Waals surface area contributed by atoms with Gasteiger partial charge < -0.3 is 9.79 Å². The predicted octanol–water partition coefficient (Wildman–Crippen LogP) is 6.43. The quantitative estimate of drug-likeness (QED) is 0.187. The van der Waals surface area contributed by atoms with Crippen molar-refractivity contribution in [2.75, 3.05) is 6.16 Å². The van der Waals surface area contributed by atoms with Gasteiger partial charge in [-0.3, -0.25) is 4.57 Å². The molecule has 0 spiro atoms. The van der Waals surface area contributed by atoms with Gasteiger partial charge in [-0.25, -0.2) is 0 Å². The third kappa shape index (κ3) is 25.8. The minimum absolute atomic E-state index is 0. The molecule has 0 atom stereocenters. The van der Waals surface area contributed by atoms with E-state index in [0.717, 1.165) is 12.8 Å². The van der Waals surface area contributed by atoms with Gasteiger partial charge in [0.2, 0.25) is 0 Å². The van der Waals surface area contributed by atoms with E-state index in [4.69, 9.17) is 9.79 Å². The van der Waals surface area contributed by atoms with Crippen molar-refractivity contribution < 1.29 is 55.2 Å². The summed E-state index contributed by atoms with van der Waals surface area (Å²) in [5.74, 6) is 0. The SMILES string of the molecule is CCCCCCCCCCCCCCCCCCP(=O)(O)O.[Nd]. The Morgan fingerprint density at radius 3 is 1.09 bits per heavy atom. The van der Waals surface area contributed by atoms with Crippen LogP contribution in [-0.2, 0) is 4.57 Å². The Balaban J connectivity index is 0. The first-order valence-corrected chi connectivity index (χ1v) is 11.4. The van der Waals surface area contributed by atoms with Crippen LogP contribution >= 0.6 is 7.60 Å². The van der Waals surface area contributed by atoms with Crippen LogP contribution in [0.5, 0.6) is 0 Å². The van der Waals surface area contributed by atoms with E-state index in [9.17, 15) is 4.57 Å². The maximum Gasteiger partial charge on any atom is 0.325 e. The predicted molar refractivity (Wildman–Crippen MR) is 96.5 cm³/mol. The van der Waals surface area contributed by atoms with Gasteiger partial charge in [0.25, 0.3) is 0 Å². The maximum absolute atomic E-state index is 10.7. The van der Waals surface area contributed by atoms with Crippen molar-refractivity contribution in [2.24, 2.45) is 0 Å². The van der Waals surface area contributed by atoms with Crippen molar-refractivity contribution in [3.63, 3.8) is 0 Å². The Kier molecular flexibility index (Phi) is 23.0. The first-order valence-electron chi connectivity index (χ1n) is 9.61. The van der Waals surface area contributed by atoms with Crippen molar-refractivity contribution in [1.29, 1.82) is 0 Å². The van der Waals surface area contributed by atoms with Crippen molar-refractivity contribution in [2.45, 2.75) is 110 Å². The summed E-state index contributed by atoms with van der Waals surface area (Å²) in [5, 5.41) is 0. The van der Waals surface area contributed by atoms with Gasteiger partial charge in [0.05, 0.1) is 0 Å². The van der Waals surface area contributed by atoms with Crippen LogP contribution in [-0.4, -0.2) is 15.9 Å². The van der Waals surface area contributed by atoms with E-state index in [1.165, 1.54) is 83.5 Å². The van der Waals surface area contributed by atoms with Crippen LogP contribution in [0.4, 0.5) is 0 Å². The van der Waals surface area contributed by atoms with Crippen molar-refractivity contribution >= 4 is 7.60 Å². The molecule has 0 aromatic carbocycles. The molecule has 0 aromatic rings. The van der Waals surface area contributed by atoms with Crippen LogP contribution < -0.4 is 0 Å². The molecule has 0 heterocycles. The fraction of sp³-hybridized carbons (Fsp3) is 1.00. The molecule has 0 unspecified atom stereocenters. The number of hydrogen-bond donors (Lipinski definition) is 2. The van der Waals surface area contributed by atoms with E-state index in [-0.39, 0.29) is 47.0 Å². The van der Waals surface area contributed by atoms with E-state index in [1.807, 2.05) is 0 Å². The van der Waals surface area contributed by atoms with Crippen LogP contribution in [0.2, 0.25) is 0 Å². The van der Waals surface area contributed by atoms with Crippen LogP contribution in [0.3, 0.4) is 0 Å². The Morgan fingerprint density at radius 1 is 0.565 bits per heavy atom. The fourth-order valence-corrected chi connectivity index (χ4v) is 3.50. The first kappa shape index (κ1) is 26.7. The van der Waals surface area contributed by atoms with E-state index < -0.39 is 7.60 Å². The molecule has 0 aliphatic rings. The molecule has 5 heteroatoms. The second-order valence-corrected chi connectivity index (χ2v) is 8.47. The summed E-state index contributed by atoms with van der Waals surface area (Å²) < 4.78 is 10.7. The van der Waals surface area contributed by atoms with E-state index in [0.29, 0.717) is 6.42 Å². The summed E-state index contributed by atoms with van der Waals surface area (Å²) >= 11 is 0. The summed E-state index contributed by atoms with van der Waals surface area (Å²) in [6.07, 6.45) is 20.6. The van der Waals surface area contributed by atoms with E-state index in [1.54, 1.807) is 0 Å². The molecule has 0 amide bonds. The van der Waals surface area contributed by atoms with Crippen molar-refractivity contribution in [3.05, 3.63) is 0 Å². The topological polar surface area (TPSA) is 57.5 Å². The molecule has 0 bridgehead atoms. The van der Waals surface area contributed by atoms with Gasteiger partial charge in [-0.2, -0.15) is 0 Å². The molecular formula is C18H39NdO3P. The molecule has 138 valence electrons. The third-order valence-electron chi connectivity index (χ3n) is 4.30. The number of rotatable bonds is 17. The molecule has 0 aliphatic carbocycles. The van der Waals surface area contributed by atoms with Gasteiger partial charge in [0.1, 0.15) is 0 Å².